The summed E-state index contributed by atoms with van der Waals surface area (Å²) in [5, 5.41) is 4.18. The lowest BCUT2D eigenvalue weighted by Crippen LogP contribution is -2.20. The Morgan fingerprint density at radius 1 is 1.09 bits per heavy atom. The van der Waals surface area contributed by atoms with Gasteiger partial charge in [0, 0.05) is 31.0 Å². The van der Waals surface area contributed by atoms with Gasteiger partial charge in [-0.15, -0.1) is 0 Å². The Balaban J connectivity index is 1.79. The molecule has 0 atom stereocenters. The minimum atomic E-state index is -4.34. The van der Waals surface area contributed by atoms with Crippen molar-refractivity contribution in [3.05, 3.63) is 65.6 Å². The van der Waals surface area contributed by atoms with E-state index in [1.165, 1.54) is 12.1 Å². The van der Waals surface area contributed by atoms with E-state index >= 15 is 0 Å². The van der Waals surface area contributed by atoms with Crippen molar-refractivity contribution in [2.75, 3.05) is 7.05 Å². The Morgan fingerprint density at radius 3 is 2.61 bits per heavy atom. The lowest BCUT2D eigenvalue weighted by molar-refractivity contribution is -0.138. The van der Waals surface area contributed by atoms with Crippen LogP contribution in [-0.2, 0) is 19.3 Å². The van der Waals surface area contributed by atoms with E-state index < -0.39 is 11.7 Å². The van der Waals surface area contributed by atoms with E-state index in [0.717, 1.165) is 11.6 Å². The van der Waals surface area contributed by atoms with Gasteiger partial charge in [0.1, 0.15) is 0 Å². The van der Waals surface area contributed by atoms with E-state index in [2.05, 4.69) is 10.1 Å². The lowest BCUT2D eigenvalue weighted by atomic mass is 10.1. The maximum Gasteiger partial charge on any atom is 0.416 e. The van der Waals surface area contributed by atoms with E-state index in [0.29, 0.717) is 12.2 Å². The van der Waals surface area contributed by atoms with Crippen LogP contribution < -0.4 is 0 Å². The summed E-state index contributed by atoms with van der Waals surface area (Å²) < 4.78 is 40.8. The lowest BCUT2D eigenvalue weighted by Gasteiger charge is -2.19. The van der Waals surface area contributed by atoms with Crippen LogP contribution in [0.3, 0.4) is 0 Å². The van der Waals surface area contributed by atoms with Crippen molar-refractivity contribution < 1.29 is 13.2 Å². The Hall–Kier alpha value is -2.41. The molecule has 0 fully saturated rings. The van der Waals surface area contributed by atoms with Gasteiger partial charge in [0.15, 0.2) is 5.65 Å². The van der Waals surface area contributed by atoms with Crippen LogP contribution in [0.1, 0.15) is 16.7 Å². The van der Waals surface area contributed by atoms with Crippen molar-refractivity contribution in [1.29, 1.82) is 0 Å². The van der Waals surface area contributed by atoms with Gasteiger partial charge in [0.25, 0.3) is 0 Å². The van der Waals surface area contributed by atoms with E-state index in [1.807, 2.05) is 4.90 Å². The zero-order valence-electron chi connectivity index (χ0n) is 12.5. The van der Waals surface area contributed by atoms with Crippen LogP contribution in [0, 0.1) is 0 Å². The molecule has 1 aromatic carbocycles. The van der Waals surface area contributed by atoms with Gasteiger partial charge in [-0.3, -0.25) is 4.90 Å². The van der Waals surface area contributed by atoms with E-state index in [1.54, 1.807) is 42.3 Å². The molecule has 23 heavy (non-hydrogen) atoms. The van der Waals surface area contributed by atoms with Crippen LogP contribution in [0.15, 0.2) is 48.9 Å². The second-order valence-corrected chi connectivity index (χ2v) is 5.38. The number of aromatic nitrogens is 3. The van der Waals surface area contributed by atoms with Gasteiger partial charge in [0.05, 0.1) is 11.8 Å². The average molecular weight is 320 g/mol. The first-order valence-electron chi connectivity index (χ1n) is 7.06. The molecule has 7 heteroatoms. The fourth-order valence-corrected chi connectivity index (χ4v) is 2.56. The summed E-state index contributed by atoms with van der Waals surface area (Å²) in [5.41, 5.74) is 1.25. The third-order valence-electron chi connectivity index (χ3n) is 3.56. The average Bonchev–Trinajstić information content (AvgIpc) is 2.90. The van der Waals surface area contributed by atoms with E-state index in [4.69, 9.17) is 0 Å². The number of fused-ring (bicyclic) bond motifs is 1. The molecule has 0 spiro atoms. The zero-order chi connectivity index (χ0) is 16.4. The molecule has 3 rings (SSSR count). The standard InChI is InChI=1S/C16H15F3N4/c1-22(10-12-5-2-3-6-14(12)16(17,18)19)11-13-9-21-23-8-4-7-20-15(13)23/h2-9H,10-11H2,1H3. The highest BCUT2D eigenvalue weighted by Gasteiger charge is 2.33. The van der Waals surface area contributed by atoms with Gasteiger partial charge in [-0.25, -0.2) is 9.50 Å². The molecule has 0 aliphatic heterocycles. The van der Waals surface area contributed by atoms with Crippen LogP contribution in [0.5, 0.6) is 0 Å². The molecule has 0 N–H and O–H groups in total. The molecule has 2 aromatic heterocycles. The Kier molecular flexibility index (Phi) is 4.04. The van der Waals surface area contributed by atoms with E-state index in [9.17, 15) is 13.2 Å². The molecule has 0 amide bonds. The minimum absolute atomic E-state index is 0.194. The molecule has 2 heterocycles. The number of hydrogen-bond donors (Lipinski definition) is 0. The monoisotopic (exact) mass is 320 g/mol. The summed E-state index contributed by atoms with van der Waals surface area (Å²) in [6.45, 7) is 0.659. The number of rotatable bonds is 4. The van der Waals surface area contributed by atoms with Gasteiger partial charge >= 0.3 is 6.18 Å². The maximum atomic E-state index is 13.0. The molecule has 0 saturated heterocycles. The topological polar surface area (TPSA) is 33.4 Å². The maximum absolute atomic E-state index is 13.0. The molecule has 0 unspecified atom stereocenters. The molecule has 120 valence electrons. The first kappa shape index (κ1) is 15.5. The van der Waals surface area contributed by atoms with Crippen molar-refractivity contribution in [2.45, 2.75) is 19.3 Å². The molecule has 0 aliphatic rings. The number of nitrogens with zero attached hydrogens (tertiary/aromatic N) is 4. The van der Waals surface area contributed by atoms with Gasteiger partial charge < -0.3 is 0 Å². The molecular weight excluding hydrogens is 305 g/mol. The highest BCUT2D eigenvalue weighted by molar-refractivity contribution is 5.45. The molecule has 4 nitrogen and oxygen atoms in total. The predicted molar refractivity (Wildman–Crippen MR) is 79.6 cm³/mol. The van der Waals surface area contributed by atoms with Gasteiger partial charge in [0.2, 0.25) is 0 Å². The highest BCUT2D eigenvalue weighted by Crippen LogP contribution is 2.32. The molecular formula is C16H15F3N4. The second kappa shape index (κ2) is 6.00. The van der Waals surface area contributed by atoms with Crippen LogP contribution in [0.25, 0.3) is 5.65 Å². The third-order valence-corrected chi connectivity index (χ3v) is 3.56. The third kappa shape index (κ3) is 3.34. The van der Waals surface area contributed by atoms with E-state index in [-0.39, 0.29) is 12.1 Å². The van der Waals surface area contributed by atoms with Crippen molar-refractivity contribution in [1.82, 2.24) is 19.5 Å². The first-order chi connectivity index (χ1) is 10.9. The highest BCUT2D eigenvalue weighted by atomic mass is 19.4. The number of hydrogen-bond acceptors (Lipinski definition) is 3. The molecule has 0 bridgehead atoms. The smallest absolute Gasteiger partial charge is 0.298 e. The number of alkyl halides is 3. The van der Waals surface area contributed by atoms with Gasteiger partial charge in [-0.2, -0.15) is 18.3 Å². The fourth-order valence-electron chi connectivity index (χ4n) is 2.56. The Labute approximate surface area is 131 Å². The summed E-state index contributed by atoms with van der Waals surface area (Å²) in [4.78, 5) is 6.07. The van der Waals surface area contributed by atoms with Crippen LogP contribution >= 0.6 is 0 Å². The second-order valence-electron chi connectivity index (χ2n) is 5.38. The van der Waals surface area contributed by atoms with Crippen molar-refractivity contribution in [3.8, 4) is 0 Å². The number of benzene rings is 1. The minimum Gasteiger partial charge on any atom is -0.298 e. The molecule has 3 aromatic rings. The zero-order valence-corrected chi connectivity index (χ0v) is 12.5. The molecule has 0 aliphatic carbocycles. The Bertz CT molecular complexity index is 810. The van der Waals surface area contributed by atoms with Crippen molar-refractivity contribution >= 4 is 5.65 Å². The van der Waals surface area contributed by atoms with Crippen LogP contribution in [-0.4, -0.2) is 26.5 Å². The summed E-state index contributed by atoms with van der Waals surface area (Å²) in [6, 6.07) is 7.41. The summed E-state index contributed by atoms with van der Waals surface area (Å²) in [7, 11) is 1.78. The normalized spacial score (nSPS) is 12.2. The number of halogens is 3. The summed E-state index contributed by atoms with van der Waals surface area (Å²) in [6.07, 6.45) is 0.794. The molecule has 0 saturated carbocycles. The quantitative estimate of drug-likeness (QED) is 0.739. The largest absolute Gasteiger partial charge is 0.416 e. The SMILES string of the molecule is CN(Cc1ccccc1C(F)(F)F)Cc1cnn2cccnc12. The fraction of sp³-hybridized carbons (Fsp3) is 0.250. The van der Waals surface area contributed by atoms with Crippen molar-refractivity contribution in [3.63, 3.8) is 0 Å². The van der Waals surface area contributed by atoms with Gasteiger partial charge in [-0.1, -0.05) is 18.2 Å². The molecule has 0 radical (unpaired) electrons. The van der Waals surface area contributed by atoms with Gasteiger partial charge in [-0.05, 0) is 24.7 Å². The first-order valence-corrected chi connectivity index (χ1v) is 7.06. The van der Waals surface area contributed by atoms with Crippen LogP contribution in [0.4, 0.5) is 13.2 Å². The predicted octanol–water partition coefficient (Wildman–Crippen LogP) is 3.38. The summed E-state index contributed by atoms with van der Waals surface area (Å²) >= 11 is 0. The Morgan fingerprint density at radius 2 is 1.83 bits per heavy atom. The summed E-state index contributed by atoms with van der Waals surface area (Å²) in [5.74, 6) is 0. The van der Waals surface area contributed by atoms with Crippen molar-refractivity contribution in [2.24, 2.45) is 0 Å². The van der Waals surface area contributed by atoms with Crippen LogP contribution in [0.2, 0.25) is 0 Å².